The first-order chi connectivity index (χ1) is 12.7. The van der Waals surface area contributed by atoms with Crippen molar-refractivity contribution in [3.8, 4) is 16.9 Å². The number of Topliss-reactive ketones (excluding diaryl/α,β-unsaturated/α-hetero) is 1. The Morgan fingerprint density at radius 3 is 1.85 bits per heavy atom. The Kier molecular flexibility index (Phi) is 6.69. The Morgan fingerprint density at radius 2 is 1.41 bits per heavy atom. The summed E-state index contributed by atoms with van der Waals surface area (Å²) in [5.41, 5.74) is 4.55. The third-order valence-electron chi connectivity index (χ3n) is 6.19. The molecule has 146 valence electrons. The molecule has 0 aliphatic heterocycles. The number of carbonyl (C=O) groups excluding carboxylic acids is 1. The van der Waals surface area contributed by atoms with Crippen LogP contribution in [0.4, 0.5) is 0 Å². The maximum absolute atomic E-state index is 12.8. The number of ketones is 1. The minimum absolute atomic E-state index is 0.180. The van der Waals surface area contributed by atoms with Gasteiger partial charge in [0.25, 0.3) is 0 Å². The summed E-state index contributed by atoms with van der Waals surface area (Å²) in [6.45, 7) is 16.0. The first kappa shape index (κ1) is 21.4. The molecule has 1 N–H and O–H groups in total. The molecular formula is C24H34O2Si. The average Bonchev–Trinajstić information content (AvgIpc) is 2.61. The maximum atomic E-state index is 12.8. The van der Waals surface area contributed by atoms with Gasteiger partial charge < -0.3 is 5.11 Å². The first-order valence-electron chi connectivity index (χ1n) is 10.1. The Hall–Kier alpha value is -1.87. The molecule has 2 nitrogen and oxygen atoms in total. The van der Waals surface area contributed by atoms with Gasteiger partial charge in [-0.1, -0.05) is 84.0 Å². The largest absolute Gasteiger partial charge is 0.508 e. The van der Waals surface area contributed by atoms with Crippen molar-refractivity contribution in [3.05, 3.63) is 48.0 Å². The molecular weight excluding hydrogens is 348 g/mol. The predicted molar refractivity (Wildman–Crippen MR) is 119 cm³/mol. The number of phenolic OH excluding ortho intramolecular Hbond substituents is 1. The number of rotatable bonds is 7. The Bertz CT molecular complexity index is 767. The zero-order valence-corrected chi connectivity index (χ0v) is 18.8. The summed E-state index contributed by atoms with van der Waals surface area (Å²) in [6.07, 6.45) is 0.494. The van der Waals surface area contributed by atoms with Gasteiger partial charge in [0.05, 0.1) is 8.07 Å². The molecule has 0 heterocycles. The second-order valence-corrected chi connectivity index (χ2v) is 14.4. The Labute approximate surface area is 165 Å². The normalized spacial score (nSPS) is 12.2. The summed E-state index contributed by atoms with van der Waals surface area (Å²) in [4.78, 5) is 12.8. The van der Waals surface area contributed by atoms with Crippen molar-refractivity contribution in [2.75, 3.05) is 0 Å². The van der Waals surface area contributed by atoms with Crippen LogP contribution in [-0.4, -0.2) is 19.0 Å². The zero-order chi connectivity index (χ0) is 20.4. The molecule has 0 aromatic heterocycles. The molecule has 2 aromatic rings. The van der Waals surface area contributed by atoms with Crippen LogP contribution in [0.15, 0.2) is 42.5 Å². The summed E-state index contributed by atoms with van der Waals surface area (Å²) in [5.74, 6) is 0.420. The summed E-state index contributed by atoms with van der Waals surface area (Å²) < 4.78 is 0. The number of benzene rings is 2. The van der Waals surface area contributed by atoms with Gasteiger partial charge in [-0.05, 0) is 39.9 Å². The van der Waals surface area contributed by atoms with Crippen molar-refractivity contribution >= 4 is 19.0 Å². The highest BCUT2D eigenvalue weighted by Gasteiger charge is 2.44. The molecule has 0 aliphatic rings. The molecule has 0 radical (unpaired) electrons. The van der Waals surface area contributed by atoms with E-state index in [1.54, 1.807) is 12.1 Å². The van der Waals surface area contributed by atoms with E-state index in [-0.39, 0.29) is 11.5 Å². The lowest BCUT2D eigenvalue weighted by molar-refractivity contribution is 0.0989. The molecule has 27 heavy (non-hydrogen) atoms. The van der Waals surface area contributed by atoms with E-state index in [1.165, 1.54) is 5.19 Å². The van der Waals surface area contributed by atoms with Crippen molar-refractivity contribution in [1.29, 1.82) is 0 Å². The van der Waals surface area contributed by atoms with Gasteiger partial charge >= 0.3 is 0 Å². The third kappa shape index (κ3) is 3.89. The fourth-order valence-corrected chi connectivity index (χ4v) is 11.9. The number of aromatic hydroxyl groups is 1. The van der Waals surface area contributed by atoms with Crippen LogP contribution in [0.25, 0.3) is 11.1 Å². The van der Waals surface area contributed by atoms with E-state index < -0.39 is 8.07 Å². The second kappa shape index (κ2) is 8.43. The second-order valence-electron chi connectivity index (χ2n) is 8.48. The lowest BCUT2D eigenvalue weighted by Crippen LogP contribution is -2.55. The van der Waals surface area contributed by atoms with Crippen molar-refractivity contribution in [2.45, 2.75) is 71.5 Å². The molecule has 0 saturated heterocycles. The van der Waals surface area contributed by atoms with Gasteiger partial charge in [-0.2, -0.15) is 0 Å². The van der Waals surface area contributed by atoms with Gasteiger partial charge in [0.1, 0.15) is 5.75 Å². The Morgan fingerprint density at radius 1 is 0.889 bits per heavy atom. The van der Waals surface area contributed by atoms with E-state index in [9.17, 15) is 9.90 Å². The third-order valence-corrected chi connectivity index (χ3v) is 13.2. The maximum Gasteiger partial charge on any atom is 0.163 e. The van der Waals surface area contributed by atoms with E-state index in [0.717, 1.165) is 16.7 Å². The van der Waals surface area contributed by atoms with E-state index in [2.05, 4.69) is 59.7 Å². The van der Waals surface area contributed by atoms with Crippen LogP contribution < -0.4 is 5.19 Å². The number of phenols is 1. The lowest BCUT2D eigenvalue weighted by Gasteiger charge is -2.44. The molecule has 0 amide bonds. The molecule has 0 aliphatic carbocycles. The fraction of sp³-hybridized carbons (Fsp3) is 0.458. The van der Waals surface area contributed by atoms with Crippen LogP contribution in [0.3, 0.4) is 0 Å². The van der Waals surface area contributed by atoms with Gasteiger partial charge in [-0.3, -0.25) is 4.79 Å². The molecule has 0 bridgehead atoms. The van der Waals surface area contributed by atoms with Crippen LogP contribution in [0.5, 0.6) is 5.75 Å². The van der Waals surface area contributed by atoms with Crippen molar-refractivity contribution in [3.63, 3.8) is 0 Å². The lowest BCUT2D eigenvalue weighted by atomic mass is 9.96. The quantitative estimate of drug-likeness (QED) is 0.436. The highest BCUT2D eigenvalue weighted by Crippen LogP contribution is 2.41. The molecule has 0 saturated carbocycles. The fourth-order valence-electron chi connectivity index (χ4n) is 5.13. The minimum atomic E-state index is -1.82. The molecule has 2 rings (SSSR count). The van der Waals surface area contributed by atoms with Crippen LogP contribution in [-0.2, 0) is 0 Å². The van der Waals surface area contributed by atoms with Crippen LogP contribution in [0.2, 0.25) is 16.6 Å². The summed E-state index contributed by atoms with van der Waals surface area (Å²) in [5, 5.41) is 11.0. The summed E-state index contributed by atoms with van der Waals surface area (Å²) in [7, 11) is -1.82. The molecule has 0 unspecified atom stereocenters. The zero-order valence-electron chi connectivity index (χ0n) is 17.8. The van der Waals surface area contributed by atoms with Gasteiger partial charge in [-0.25, -0.2) is 0 Å². The number of hydrogen-bond donors (Lipinski definition) is 1. The minimum Gasteiger partial charge on any atom is -0.508 e. The SMILES string of the molecule is CCC(=O)c1cc([Si](C(C)C)(C(C)C)C(C)C)ccc1-c1ccc(O)cc1. The van der Waals surface area contributed by atoms with Crippen molar-refractivity contribution < 1.29 is 9.90 Å². The van der Waals surface area contributed by atoms with E-state index in [1.807, 2.05) is 19.1 Å². The topological polar surface area (TPSA) is 37.3 Å². The van der Waals surface area contributed by atoms with Crippen LogP contribution in [0.1, 0.15) is 65.2 Å². The first-order valence-corrected chi connectivity index (χ1v) is 12.4. The smallest absolute Gasteiger partial charge is 0.163 e. The summed E-state index contributed by atoms with van der Waals surface area (Å²) in [6, 6.07) is 13.7. The standard InChI is InChI=1S/C24H34O2Si/c1-8-24(26)23-15-21(27(16(2)3,17(4)5)18(6)7)13-14-22(23)19-9-11-20(25)12-10-19/h9-18,25H,8H2,1-7H3. The molecule has 0 spiro atoms. The predicted octanol–water partition coefficient (Wildman–Crippen LogP) is 6.54. The van der Waals surface area contributed by atoms with E-state index in [4.69, 9.17) is 0 Å². The van der Waals surface area contributed by atoms with Gasteiger partial charge in [0.2, 0.25) is 0 Å². The van der Waals surface area contributed by atoms with Gasteiger partial charge in [-0.15, -0.1) is 0 Å². The van der Waals surface area contributed by atoms with E-state index in [0.29, 0.717) is 23.0 Å². The monoisotopic (exact) mass is 382 g/mol. The van der Waals surface area contributed by atoms with E-state index >= 15 is 0 Å². The van der Waals surface area contributed by atoms with Crippen LogP contribution in [0, 0.1) is 0 Å². The molecule has 3 heteroatoms. The molecule has 0 atom stereocenters. The van der Waals surface area contributed by atoms with Crippen LogP contribution >= 0.6 is 0 Å². The van der Waals surface area contributed by atoms with Crippen molar-refractivity contribution in [2.24, 2.45) is 0 Å². The molecule has 2 aromatic carbocycles. The number of carbonyl (C=O) groups is 1. The average molecular weight is 383 g/mol. The summed E-state index contributed by atoms with van der Waals surface area (Å²) >= 11 is 0. The van der Waals surface area contributed by atoms with Gasteiger partial charge in [0, 0.05) is 12.0 Å². The van der Waals surface area contributed by atoms with Crippen molar-refractivity contribution in [1.82, 2.24) is 0 Å². The Balaban J connectivity index is 2.74. The highest BCUT2D eigenvalue weighted by atomic mass is 28.3. The number of hydrogen-bond acceptors (Lipinski definition) is 2. The highest BCUT2D eigenvalue weighted by molar-refractivity contribution is 6.95. The molecule has 0 fully saturated rings. The van der Waals surface area contributed by atoms with Gasteiger partial charge in [0.15, 0.2) is 5.78 Å².